The topological polar surface area (TPSA) is 209 Å². The fourth-order valence-corrected chi connectivity index (χ4v) is 5.51. The second-order valence-electron chi connectivity index (χ2n) is 11.7. The average Bonchev–Trinajstić information content (AvgIpc) is 3.60. The molecule has 2 aromatic carbocycles. The number of phenols is 1. The molecule has 10 atom stereocenters. The highest BCUT2D eigenvalue weighted by Gasteiger charge is 2.55. The smallest absolute Gasteiger partial charge is 0.247 e. The molecule has 250 valence electrons. The number of halogens is 1. The minimum atomic E-state index is -1.94. The molecule has 1 saturated carbocycles. The lowest BCUT2D eigenvalue weighted by Gasteiger charge is -2.41. The quantitative estimate of drug-likeness (QED) is 0.109. The number of hydrogen-bond donors (Lipinski definition) is 7. The molecule has 7 N–H and O–H groups in total. The number of phenolic OH excluding ortho intramolecular Hbond substituents is 1. The van der Waals surface area contributed by atoms with Crippen LogP contribution in [-0.2, 0) is 30.4 Å². The van der Waals surface area contributed by atoms with Crippen molar-refractivity contribution in [2.24, 2.45) is 5.16 Å². The predicted octanol–water partition coefficient (Wildman–Crippen LogP) is 0.0655. The van der Waals surface area contributed by atoms with E-state index >= 15 is 0 Å². The SMILES string of the molecule is C/C(=C\c1ccc(O[C@@H]2O[C@H](/C(C)=N/OCc3ccccc3F)[C@@H](O)[C@@]2(C)O)c(O)c1)C(=O)N[C@@H]1C(O)C(O)C2OCO[C@H]2[C@@H]1O. The van der Waals surface area contributed by atoms with Crippen LogP contribution in [0.2, 0.25) is 0 Å². The van der Waals surface area contributed by atoms with Crippen LogP contribution in [0.25, 0.3) is 6.08 Å². The van der Waals surface area contributed by atoms with Gasteiger partial charge >= 0.3 is 0 Å². The van der Waals surface area contributed by atoms with Crippen LogP contribution in [0.1, 0.15) is 31.9 Å². The third-order valence-corrected chi connectivity index (χ3v) is 8.29. The monoisotopic (exact) mass is 648 g/mol. The van der Waals surface area contributed by atoms with Gasteiger partial charge < -0.3 is 59.7 Å². The van der Waals surface area contributed by atoms with Crippen molar-refractivity contribution >= 4 is 17.7 Å². The normalized spacial score (nSPS) is 34.7. The first kappa shape index (κ1) is 33.7. The summed E-state index contributed by atoms with van der Waals surface area (Å²) in [6.45, 7) is 3.93. The fourth-order valence-electron chi connectivity index (χ4n) is 5.51. The first-order valence-corrected chi connectivity index (χ1v) is 14.5. The number of carbonyl (C=O) groups is 1. The van der Waals surface area contributed by atoms with E-state index in [1.54, 1.807) is 12.1 Å². The molecule has 2 saturated heterocycles. The summed E-state index contributed by atoms with van der Waals surface area (Å²) in [5, 5.41) is 70.1. The van der Waals surface area contributed by atoms with E-state index in [0.717, 1.165) is 0 Å². The minimum absolute atomic E-state index is 0.0986. The highest BCUT2D eigenvalue weighted by Crippen LogP contribution is 2.37. The zero-order valence-electron chi connectivity index (χ0n) is 25.2. The van der Waals surface area contributed by atoms with Crippen LogP contribution in [0, 0.1) is 5.82 Å². The van der Waals surface area contributed by atoms with Crippen molar-refractivity contribution in [1.82, 2.24) is 5.32 Å². The number of oxime groups is 1. The summed E-state index contributed by atoms with van der Waals surface area (Å²) >= 11 is 0. The lowest BCUT2D eigenvalue weighted by Crippen LogP contribution is -2.67. The van der Waals surface area contributed by atoms with E-state index in [-0.39, 0.29) is 41.7 Å². The number of nitrogens with zero attached hydrogens (tertiary/aromatic N) is 1. The van der Waals surface area contributed by atoms with E-state index in [0.29, 0.717) is 5.56 Å². The van der Waals surface area contributed by atoms with E-state index in [1.165, 1.54) is 57.2 Å². The zero-order valence-corrected chi connectivity index (χ0v) is 25.2. The molecule has 5 rings (SSSR count). The molecule has 46 heavy (non-hydrogen) atoms. The van der Waals surface area contributed by atoms with Gasteiger partial charge in [0.1, 0.15) is 61.9 Å². The van der Waals surface area contributed by atoms with Crippen LogP contribution in [0.5, 0.6) is 11.5 Å². The number of aromatic hydroxyl groups is 1. The van der Waals surface area contributed by atoms with Crippen molar-refractivity contribution in [2.75, 3.05) is 6.79 Å². The first-order valence-electron chi connectivity index (χ1n) is 14.5. The van der Waals surface area contributed by atoms with E-state index in [2.05, 4.69) is 10.5 Å². The number of fused-ring (bicyclic) bond motifs is 1. The van der Waals surface area contributed by atoms with E-state index in [1.807, 2.05) is 0 Å². The molecule has 0 radical (unpaired) electrons. The van der Waals surface area contributed by atoms with Gasteiger partial charge in [0.25, 0.3) is 0 Å². The molecule has 3 fully saturated rings. The van der Waals surface area contributed by atoms with Crippen LogP contribution in [0.15, 0.2) is 53.2 Å². The number of carbonyl (C=O) groups excluding carboxylic acids is 1. The number of rotatable bonds is 9. The molecule has 1 aliphatic carbocycles. The van der Waals surface area contributed by atoms with Gasteiger partial charge in [0, 0.05) is 11.1 Å². The van der Waals surface area contributed by atoms with Crippen LogP contribution in [0.4, 0.5) is 4.39 Å². The van der Waals surface area contributed by atoms with Crippen molar-refractivity contribution in [3.05, 3.63) is 65.0 Å². The maximum absolute atomic E-state index is 13.8. The van der Waals surface area contributed by atoms with E-state index < -0.39 is 72.4 Å². The van der Waals surface area contributed by atoms with Gasteiger partial charge in [-0.3, -0.25) is 4.79 Å². The van der Waals surface area contributed by atoms with Gasteiger partial charge in [-0.1, -0.05) is 29.4 Å². The number of benzene rings is 2. The van der Waals surface area contributed by atoms with Gasteiger partial charge in [-0.2, -0.15) is 0 Å². The Morgan fingerprint density at radius 3 is 2.48 bits per heavy atom. The fraction of sp³-hybridized carbons (Fsp3) is 0.484. The number of amides is 1. The second-order valence-corrected chi connectivity index (χ2v) is 11.7. The summed E-state index contributed by atoms with van der Waals surface area (Å²) in [6.07, 6.45) is -8.73. The summed E-state index contributed by atoms with van der Waals surface area (Å²) < 4.78 is 35.8. The van der Waals surface area contributed by atoms with Gasteiger partial charge in [-0.05, 0) is 50.6 Å². The van der Waals surface area contributed by atoms with E-state index in [9.17, 15) is 39.8 Å². The zero-order chi connectivity index (χ0) is 33.3. The molecule has 15 heteroatoms. The Bertz CT molecular complexity index is 1490. The first-order chi connectivity index (χ1) is 21.8. The Morgan fingerprint density at radius 2 is 1.78 bits per heavy atom. The molecular weight excluding hydrogens is 611 g/mol. The summed E-state index contributed by atoms with van der Waals surface area (Å²) in [4.78, 5) is 18.1. The number of aliphatic hydroxyl groups excluding tert-OH is 4. The van der Waals surface area contributed by atoms with Crippen LogP contribution >= 0.6 is 0 Å². The molecule has 0 aromatic heterocycles. The molecule has 2 heterocycles. The van der Waals surface area contributed by atoms with Crippen LogP contribution in [0.3, 0.4) is 0 Å². The Labute approximate surface area is 263 Å². The molecule has 0 bridgehead atoms. The highest BCUT2D eigenvalue weighted by atomic mass is 19.1. The van der Waals surface area contributed by atoms with Crippen molar-refractivity contribution in [3.8, 4) is 11.5 Å². The molecule has 1 amide bonds. The summed E-state index contributed by atoms with van der Waals surface area (Å²) in [7, 11) is 0. The largest absolute Gasteiger partial charge is 0.504 e. The van der Waals surface area contributed by atoms with Crippen molar-refractivity contribution in [1.29, 1.82) is 0 Å². The molecule has 2 aliphatic heterocycles. The van der Waals surface area contributed by atoms with Gasteiger partial charge in [-0.25, -0.2) is 4.39 Å². The van der Waals surface area contributed by atoms with Crippen LogP contribution < -0.4 is 10.1 Å². The molecule has 0 spiro atoms. The van der Waals surface area contributed by atoms with Gasteiger partial charge in [0.2, 0.25) is 12.2 Å². The number of hydrogen-bond acceptors (Lipinski definition) is 13. The summed E-state index contributed by atoms with van der Waals surface area (Å²) in [5.74, 6) is -1.59. The maximum Gasteiger partial charge on any atom is 0.247 e. The van der Waals surface area contributed by atoms with Crippen LogP contribution in [-0.4, -0.2) is 110 Å². The Kier molecular flexibility index (Phi) is 9.95. The molecule has 14 nitrogen and oxygen atoms in total. The van der Waals surface area contributed by atoms with Crippen molar-refractivity contribution in [3.63, 3.8) is 0 Å². The number of ether oxygens (including phenoxy) is 4. The molecule has 3 aliphatic rings. The van der Waals surface area contributed by atoms with E-state index in [4.69, 9.17) is 23.8 Å². The third kappa shape index (κ3) is 6.72. The Morgan fingerprint density at radius 1 is 1.09 bits per heavy atom. The summed E-state index contributed by atoms with van der Waals surface area (Å²) in [6, 6.07) is 8.95. The number of nitrogens with one attached hydrogen (secondary N) is 1. The Balaban J connectivity index is 1.21. The Hall–Kier alpha value is -3.67. The van der Waals surface area contributed by atoms with Crippen molar-refractivity contribution < 1.29 is 63.6 Å². The second kappa shape index (κ2) is 13.6. The lowest BCUT2D eigenvalue weighted by molar-refractivity contribution is -0.155. The minimum Gasteiger partial charge on any atom is -0.504 e. The lowest BCUT2D eigenvalue weighted by atomic mass is 9.83. The number of aliphatic hydroxyl groups is 5. The molecular formula is C31H37FN2O12. The van der Waals surface area contributed by atoms with Gasteiger partial charge in [0.05, 0.1) is 11.8 Å². The molecule has 3 unspecified atom stereocenters. The summed E-state index contributed by atoms with van der Waals surface area (Å²) in [5.41, 5.74) is -0.988. The highest BCUT2D eigenvalue weighted by molar-refractivity contribution is 5.97. The third-order valence-electron chi connectivity index (χ3n) is 8.29. The van der Waals surface area contributed by atoms with Gasteiger partial charge in [-0.15, -0.1) is 0 Å². The average molecular weight is 649 g/mol. The van der Waals surface area contributed by atoms with Gasteiger partial charge in [0.15, 0.2) is 17.1 Å². The predicted molar refractivity (Wildman–Crippen MR) is 157 cm³/mol. The maximum atomic E-state index is 13.8. The molecule has 2 aromatic rings. The van der Waals surface area contributed by atoms with Crippen molar-refractivity contribution in [2.45, 2.75) is 88.0 Å². The standard InChI is InChI=1S/C31H37FN2O12/c1-14(29(40)33-21-22(36)24(38)27-26(23(21)37)42-13-43-27)10-16-8-9-20(19(35)11-16)45-30-31(3,41)28(39)25(46-30)15(2)34-44-12-17-6-4-5-7-18(17)32/h4-11,21-28,30,35-39,41H,12-13H2,1-3H3,(H,33,40)/b14-10+,34-15+/t21-,22?,23-,24?,25-,26+,27?,28-,30-,31-/m1/s1.